The molecule has 0 fully saturated rings. The average molecular weight is 407 g/mol. The quantitative estimate of drug-likeness (QED) is 0.448. The molecule has 0 spiro atoms. The molecule has 30 heavy (non-hydrogen) atoms. The molecule has 0 amide bonds. The standard InChI is InChI=1S/C21H22FN7O/c1-28(2)11-4-12-30-18-9-7-16(8-10-18)24-21-23-14-19-20(25-21)29(27-26-19)17-6-3-5-15(22)13-17/h3,5-10,13-14H,4,11-12H2,1-2H3,(H,23,24,25). The zero-order valence-corrected chi connectivity index (χ0v) is 16.8. The lowest BCUT2D eigenvalue weighted by atomic mass is 10.3. The van der Waals surface area contributed by atoms with Crippen molar-refractivity contribution < 1.29 is 9.13 Å². The van der Waals surface area contributed by atoms with Crippen molar-refractivity contribution in [2.24, 2.45) is 0 Å². The SMILES string of the molecule is CN(C)CCCOc1ccc(Nc2ncc3nnn(-c4cccc(F)c4)c3n2)cc1. The molecule has 4 aromatic rings. The Morgan fingerprint density at radius 1 is 1.13 bits per heavy atom. The first-order chi connectivity index (χ1) is 14.6. The van der Waals surface area contributed by atoms with Crippen LogP contribution in [0.15, 0.2) is 54.7 Å². The minimum atomic E-state index is -0.354. The first-order valence-electron chi connectivity index (χ1n) is 9.57. The summed E-state index contributed by atoms with van der Waals surface area (Å²) in [7, 11) is 4.09. The number of fused-ring (bicyclic) bond motifs is 1. The van der Waals surface area contributed by atoms with Crippen molar-refractivity contribution in [2.75, 3.05) is 32.6 Å². The zero-order valence-electron chi connectivity index (χ0n) is 16.8. The maximum atomic E-state index is 13.6. The molecule has 0 aliphatic rings. The van der Waals surface area contributed by atoms with Crippen molar-refractivity contribution in [3.8, 4) is 11.4 Å². The van der Waals surface area contributed by atoms with Crippen molar-refractivity contribution in [1.29, 1.82) is 0 Å². The summed E-state index contributed by atoms with van der Waals surface area (Å²) >= 11 is 0. The summed E-state index contributed by atoms with van der Waals surface area (Å²) in [6.45, 7) is 1.66. The second-order valence-electron chi connectivity index (χ2n) is 7.04. The number of hydrogen-bond donors (Lipinski definition) is 1. The van der Waals surface area contributed by atoms with Crippen molar-refractivity contribution in [1.82, 2.24) is 29.9 Å². The maximum absolute atomic E-state index is 13.6. The van der Waals surface area contributed by atoms with Crippen LogP contribution in [0.2, 0.25) is 0 Å². The fraction of sp³-hybridized carbons (Fsp3) is 0.238. The van der Waals surface area contributed by atoms with Gasteiger partial charge in [0.2, 0.25) is 5.95 Å². The van der Waals surface area contributed by atoms with Crippen molar-refractivity contribution in [3.05, 3.63) is 60.5 Å². The minimum Gasteiger partial charge on any atom is -0.494 e. The van der Waals surface area contributed by atoms with E-state index < -0.39 is 0 Å². The van der Waals surface area contributed by atoms with Crippen LogP contribution in [0.1, 0.15) is 6.42 Å². The fourth-order valence-electron chi connectivity index (χ4n) is 2.90. The second kappa shape index (κ2) is 8.83. The van der Waals surface area contributed by atoms with Gasteiger partial charge in [0.25, 0.3) is 0 Å². The Labute approximate surface area is 173 Å². The topological polar surface area (TPSA) is 81.0 Å². The molecule has 0 saturated heterocycles. The highest BCUT2D eigenvalue weighted by Crippen LogP contribution is 2.20. The summed E-state index contributed by atoms with van der Waals surface area (Å²) in [4.78, 5) is 10.9. The molecule has 154 valence electrons. The van der Waals surface area contributed by atoms with Crippen molar-refractivity contribution in [3.63, 3.8) is 0 Å². The predicted octanol–water partition coefficient (Wildman–Crippen LogP) is 3.42. The molecule has 0 aliphatic carbocycles. The Balaban J connectivity index is 1.47. The molecule has 9 heteroatoms. The normalized spacial score (nSPS) is 11.2. The number of halogens is 1. The number of aromatic nitrogens is 5. The summed E-state index contributed by atoms with van der Waals surface area (Å²) in [5.74, 6) is 0.846. The van der Waals surface area contributed by atoms with Gasteiger partial charge in [-0.25, -0.2) is 9.37 Å². The fourth-order valence-corrected chi connectivity index (χ4v) is 2.90. The third kappa shape index (κ3) is 4.69. The number of nitrogens with zero attached hydrogens (tertiary/aromatic N) is 6. The van der Waals surface area contributed by atoms with Gasteiger partial charge >= 0.3 is 0 Å². The number of anilines is 2. The molecule has 2 aromatic heterocycles. The summed E-state index contributed by atoms with van der Waals surface area (Å²) in [5.41, 5.74) is 2.36. The highest BCUT2D eigenvalue weighted by atomic mass is 19.1. The van der Waals surface area contributed by atoms with E-state index >= 15 is 0 Å². The van der Waals surface area contributed by atoms with Gasteiger partial charge in [0.05, 0.1) is 18.5 Å². The first-order valence-corrected chi connectivity index (χ1v) is 9.57. The van der Waals surface area contributed by atoms with Gasteiger partial charge in [-0.3, -0.25) is 0 Å². The molecular weight excluding hydrogens is 385 g/mol. The molecule has 0 unspecified atom stereocenters. The molecule has 1 N–H and O–H groups in total. The van der Waals surface area contributed by atoms with Crippen LogP contribution in [0.3, 0.4) is 0 Å². The van der Waals surface area contributed by atoms with E-state index in [-0.39, 0.29) is 5.82 Å². The first kappa shape index (κ1) is 19.7. The molecule has 0 bridgehead atoms. The number of rotatable bonds is 8. The highest BCUT2D eigenvalue weighted by molar-refractivity contribution is 5.72. The van der Waals surface area contributed by atoms with Crippen LogP contribution in [0, 0.1) is 5.82 Å². The van der Waals surface area contributed by atoms with Crippen LogP contribution in [-0.2, 0) is 0 Å². The number of hydrogen-bond acceptors (Lipinski definition) is 7. The van der Waals surface area contributed by atoms with Crippen molar-refractivity contribution >= 4 is 22.8 Å². The van der Waals surface area contributed by atoms with Gasteiger partial charge in [0, 0.05) is 12.2 Å². The van der Waals surface area contributed by atoms with Crippen LogP contribution in [-0.4, -0.2) is 57.1 Å². The molecule has 0 aliphatic heterocycles. The van der Waals surface area contributed by atoms with Gasteiger partial charge < -0.3 is 15.0 Å². The molecule has 0 atom stereocenters. The lowest BCUT2D eigenvalue weighted by Crippen LogP contribution is -2.15. The monoisotopic (exact) mass is 407 g/mol. The van der Waals surface area contributed by atoms with Crippen molar-refractivity contribution in [2.45, 2.75) is 6.42 Å². The lowest BCUT2D eigenvalue weighted by Gasteiger charge is -2.11. The van der Waals surface area contributed by atoms with E-state index in [0.717, 1.165) is 24.4 Å². The Bertz CT molecular complexity index is 1130. The van der Waals surface area contributed by atoms with Crippen LogP contribution in [0.4, 0.5) is 16.0 Å². The average Bonchev–Trinajstić information content (AvgIpc) is 3.15. The highest BCUT2D eigenvalue weighted by Gasteiger charge is 2.11. The Kier molecular flexibility index (Phi) is 5.80. The van der Waals surface area contributed by atoms with Gasteiger partial charge in [0.15, 0.2) is 11.2 Å². The molecule has 0 radical (unpaired) electrons. The summed E-state index contributed by atoms with van der Waals surface area (Å²) < 4.78 is 20.8. The molecule has 2 aromatic carbocycles. The Hall–Kier alpha value is -3.59. The predicted molar refractivity (Wildman–Crippen MR) is 113 cm³/mol. The van der Waals surface area contributed by atoms with Gasteiger partial charge in [-0.2, -0.15) is 9.67 Å². The molecule has 4 rings (SSSR count). The second-order valence-corrected chi connectivity index (χ2v) is 7.04. The van der Waals surface area contributed by atoms with Gasteiger partial charge in [-0.15, -0.1) is 5.10 Å². The Morgan fingerprint density at radius 3 is 2.73 bits per heavy atom. The van der Waals surface area contributed by atoms with Crippen LogP contribution >= 0.6 is 0 Å². The van der Waals surface area contributed by atoms with Gasteiger partial charge in [-0.05, 0) is 63.0 Å². The van der Waals surface area contributed by atoms with E-state index in [0.29, 0.717) is 29.4 Å². The van der Waals surface area contributed by atoms with Gasteiger partial charge in [-0.1, -0.05) is 11.3 Å². The van der Waals surface area contributed by atoms with Crippen LogP contribution in [0.5, 0.6) is 5.75 Å². The van der Waals surface area contributed by atoms with E-state index in [1.165, 1.54) is 16.8 Å². The van der Waals surface area contributed by atoms with E-state index in [4.69, 9.17) is 4.74 Å². The number of ether oxygens (including phenoxy) is 1. The van der Waals surface area contributed by atoms with E-state index in [2.05, 4.69) is 30.5 Å². The van der Waals surface area contributed by atoms with E-state index in [1.54, 1.807) is 18.3 Å². The Morgan fingerprint density at radius 2 is 1.97 bits per heavy atom. The van der Waals surface area contributed by atoms with Gasteiger partial charge in [0.1, 0.15) is 11.6 Å². The van der Waals surface area contributed by atoms with Crippen LogP contribution < -0.4 is 10.1 Å². The summed E-state index contributed by atoms with van der Waals surface area (Å²) in [6, 6.07) is 13.7. The zero-order chi connectivity index (χ0) is 20.9. The number of nitrogens with one attached hydrogen (secondary N) is 1. The third-order valence-electron chi connectivity index (χ3n) is 4.37. The molecule has 2 heterocycles. The van der Waals surface area contributed by atoms with Crippen LogP contribution in [0.25, 0.3) is 16.9 Å². The molecular formula is C21H22FN7O. The third-order valence-corrected chi connectivity index (χ3v) is 4.37. The molecule has 0 saturated carbocycles. The smallest absolute Gasteiger partial charge is 0.229 e. The summed E-state index contributed by atoms with van der Waals surface area (Å²) in [5, 5.41) is 11.3. The number of benzene rings is 2. The maximum Gasteiger partial charge on any atom is 0.229 e. The summed E-state index contributed by atoms with van der Waals surface area (Å²) in [6.07, 6.45) is 2.55. The molecule has 8 nitrogen and oxygen atoms in total. The minimum absolute atomic E-state index is 0.354. The lowest BCUT2D eigenvalue weighted by molar-refractivity contribution is 0.281. The van der Waals surface area contributed by atoms with E-state index in [1.807, 2.05) is 38.4 Å². The largest absolute Gasteiger partial charge is 0.494 e. The van der Waals surface area contributed by atoms with E-state index in [9.17, 15) is 4.39 Å².